The zero-order chi connectivity index (χ0) is 19.2. The normalized spacial score (nSPS) is 11.8. The molecule has 0 saturated heterocycles. The number of thiocarbonyl (C=S) groups is 1. The van der Waals surface area contributed by atoms with Crippen LogP contribution in [0.25, 0.3) is 0 Å². The highest BCUT2D eigenvalue weighted by atomic mass is 32.1. The summed E-state index contributed by atoms with van der Waals surface area (Å²) < 4.78 is 0. The summed E-state index contributed by atoms with van der Waals surface area (Å²) in [5.41, 5.74) is 4.87. The molecule has 0 fully saturated rings. The lowest BCUT2D eigenvalue weighted by Crippen LogP contribution is -2.41. The number of rotatable bonds is 6. The van der Waals surface area contributed by atoms with E-state index in [1.54, 1.807) is 11.3 Å². The number of nitrogens with zero attached hydrogens (tertiary/aromatic N) is 1. The van der Waals surface area contributed by atoms with E-state index in [1.165, 1.54) is 21.6 Å². The minimum absolute atomic E-state index is 0.301. The van der Waals surface area contributed by atoms with Gasteiger partial charge in [0.1, 0.15) is 0 Å². The van der Waals surface area contributed by atoms with E-state index in [-0.39, 0.29) is 0 Å². The van der Waals surface area contributed by atoms with Crippen molar-refractivity contribution < 1.29 is 0 Å². The van der Waals surface area contributed by atoms with Gasteiger partial charge in [-0.3, -0.25) is 0 Å². The Bertz CT molecular complexity index is 873. The molecular formula is C23H26N2S2. The van der Waals surface area contributed by atoms with Crippen LogP contribution in [0.15, 0.2) is 66.0 Å². The summed E-state index contributed by atoms with van der Waals surface area (Å²) in [7, 11) is 0. The van der Waals surface area contributed by atoms with Crippen LogP contribution in [0.5, 0.6) is 0 Å². The molecule has 1 heterocycles. The van der Waals surface area contributed by atoms with Gasteiger partial charge in [-0.25, -0.2) is 0 Å². The second-order valence-electron chi connectivity index (χ2n) is 6.98. The van der Waals surface area contributed by atoms with Crippen LogP contribution in [0.2, 0.25) is 0 Å². The summed E-state index contributed by atoms with van der Waals surface area (Å²) in [6.07, 6.45) is 0.985. The molecule has 4 heteroatoms. The second-order valence-corrected chi connectivity index (χ2v) is 8.39. The van der Waals surface area contributed by atoms with Crippen molar-refractivity contribution in [2.45, 2.75) is 39.8 Å². The molecule has 0 saturated carbocycles. The lowest BCUT2D eigenvalue weighted by atomic mass is 10.1. The first kappa shape index (κ1) is 19.6. The standard InChI is InChI=1S/C23H26N2S2/c1-17-11-12-21(14-18(17)2)24-23(26)25(16-20-8-5-4-6-9-20)19(3)15-22-10-7-13-27-22/h4-14,19H,15-16H2,1-3H3,(H,24,26)/t19-/m0/s1. The Morgan fingerprint density at radius 1 is 1.04 bits per heavy atom. The summed E-state index contributed by atoms with van der Waals surface area (Å²) >= 11 is 7.63. The second kappa shape index (κ2) is 9.16. The summed E-state index contributed by atoms with van der Waals surface area (Å²) in [6.45, 7) is 7.30. The first-order valence-electron chi connectivity index (χ1n) is 9.24. The van der Waals surface area contributed by atoms with Gasteiger partial charge in [-0.2, -0.15) is 0 Å². The Labute approximate surface area is 171 Å². The first-order chi connectivity index (χ1) is 13.0. The number of anilines is 1. The first-order valence-corrected chi connectivity index (χ1v) is 10.5. The number of hydrogen-bond donors (Lipinski definition) is 1. The fourth-order valence-electron chi connectivity index (χ4n) is 3.05. The average Bonchev–Trinajstić information content (AvgIpc) is 3.16. The van der Waals surface area contributed by atoms with Crippen LogP contribution >= 0.6 is 23.6 Å². The molecule has 0 unspecified atom stereocenters. The van der Waals surface area contributed by atoms with Crippen LogP contribution in [-0.4, -0.2) is 16.1 Å². The van der Waals surface area contributed by atoms with Gasteiger partial charge < -0.3 is 10.2 Å². The molecule has 1 atom stereocenters. The number of hydrogen-bond acceptors (Lipinski definition) is 2. The number of thiophene rings is 1. The van der Waals surface area contributed by atoms with Crippen molar-refractivity contribution in [3.63, 3.8) is 0 Å². The van der Waals surface area contributed by atoms with Crippen molar-refractivity contribution in [1.82, 2.24) is 4.90 Å². The van der Waals surface area contributed by atoms with Crippen molar-refractivity contribution in [3.05, 3.63) is 87.6 Å². The van der Waals surface area contributed by atoms with Crippen molar-refractivity contribution >= 4 is 34.4 Å². The summed E-state index contributed by atoms with van der Waals surface area (Å²) in [5, 5.41) is 6.36. The molecule has 27 heavy (non-hydrogen) atoms. The van der Waals surface area contributed by atoms with E-state index in [9.17, 15) is 0 Å². The fourth-order valence-corrected chi connectivity index (χ4v) is 4.24. The number of aryl methyl sites for hydroxylation is 2. The minimum Gasteiger partial charge on any atom is -0.342 e. The van der Waals surface area contributed by atoms with Crippen LogP contribution in [0.4, 0.5) is 5.69 Å². The van der Waals surface area contributed by atoms with Gasteiger partial charge in [0, 0.05) is 29.6 Å². The van der Waals surface area contributed by atoms with Gasteiger partial charge in [-0.05, 0) is 73.3 Å². The fraction of sp³-hybridized carbons (Fsp3) is 0.261. The molecule has 140 valence electrons. The van der Waals surface area contributed by atoms with E-state index in [1.807, 2.05) is 0 Å². The lowest BCUT2D eigenvalue weighted by Gasteiger charge is -2.32. The van der Waals surface area contributed by atoms with Crippen molar-refractivity contribution in [1.29, 1.82) is 0 Å². The third-order valence-corrected chi connectivity index (χ3v) is 6.06. The zero-order valence-electron chi connectivity index (χ0n) is 16.1. The van der Waals surface area contributed by atoms with E-state index < -0.39 is 0 Å². The molecule has 2 aromatic carbocycles. The summed E-state index contributed by atoms with van der Waals surface area (Å²) in [5.74, 6) is 0. The van der Waals surface area contributed by atoms with Gasteiger partial charge in [0.25, 0.3) is 0 Å². The van der Waals surface area contributed by atoms with E-state index in [4.69, 9.17) is 12.2 Å². The molecule has 1 aromatic heterocycles. The van der Waals surface area contributed by atoms with E-state index >= 15 is 0 Å². The maximum Gasteiger partial charge on any atom is 0.173 e. The highest BCUT2D eigenvalue weighted by Crippen LogP contribution is 2.19. The Morgan fingerprint density at radius 2 is 1.81 bits per heavy atom. The zero-order valence-corrected chi connectivity index (χ0v) is 17.7. The molecule has 0 amide bonds. The molecular weight excluding hydrogens is 368 g/mol. The monoisotopic (exact) mass is 394 g/mol. The number of benzene rings is 2. The van der Waals surface area contributed by atoms with Crippen LogP contribution in [0.1, 0.15) is 28.5 Å². The Kier molecular flexibility index (Phi) is 6.64. The van der Waals surface area contributed by atoms with Gasteiger partial charge in [-0.1, -0.05) is 42.5 Å². The van der Waals surface area contributed by atoms with Crippen molar-refractivity contribution in [3.8, 4) is 0 Å². The molecule has 0 aliphatic heterocycles. The molecule has 2 nitrogen and oxygen atoms in total. The quantitative estimate of drug-likeness (QED) is 0.501. The predicted octanol–water partition coefficient (Wildman–Crippen LogP) is 6.20. The smallest absolute Gasteiger partial charge is 0.173 e. The molecule has 3 rings (SSSR count). The van der Waals surface area contributed by atoms with E-state index in [0.29, 0.717) is 6.04 Å². The maximum atomic E-state index is 5.82. The minimum atomic E-state index is 0.301. The molecule has 0 aliphatic carbocycles. The van der Waals surface area contributed by atoms with Gasteiger partial charge in [0.2, 0.25) is 0 Å². The third-order valence-electron chi connectivity index (χ3n) is 4.82. The van der Waals surface area contributed by atoms with E-state index in [0.717, 1.165) is 23.8 Å². The Morgan fingerprint density at radius 3 is 2.48 bits per heavy atom. The van der Waals surface area contributed by atoms with Crippen LogP contribution in [0.3, 0.4) is 0 Å². The molecule has 0 bridgehead atoms. The summed E-state index contributed by atoms with van der Waals surface area (Å²) in [4.78, 5) is 3.68. The maximum absolute atomic E-state index is 5.82. The van der Waals surface area contributed by atoms with Crippen molar-refractivity contribution in [2.24, 2.45) is 0 Å². The lowest BCUT2D eigenvalue weighted by molar-refractivity contribution is 0.326. The molecule has 3 aromatic rings. The highest BCUT2D eigenvalue weighted by molar-refractivity contribution is 7.80. The van der Waals surface area contributed by atoms with Crippen LogP contribution in [0, 0.1) is 13.8 Å². The molecule has 1 N–H and O–H groups in total. The average molecular weight is 395 g/mol. The topological polar surface area (TPSA) is 15.3 Å². The van der Waals surface area contributed by atoms with Gasteiger partial charge in [-0.15, -0.1) is 11.3 Å². The molecule has 0 radical (unpaired) electrons. The highest BCUT2D eigenvalue weighted by Gasteiger charge is 2.19. The predicted molar refractivity (Wildman–Crippen MR) is 122 cm³/mol. The van der Waals surface area contributed by atoms with Gasteiger partial charge in [0.05, 0.1) is 0 Å². The SMILES string of the molecule is Cc1ccc(NC(=S)N(Cc2ccccc2)[C@@H](C)Cc2cccs2)cc1C. The third kappa shape index (κ3) is 5.41. The van der Waals surface area contributed by atoms with Gasteiger partial charge in [0.15, 0.2) is 5.11 Å². The van der Waals surface area contributed by atoms with E-state index in [2.05, 4.69) is 97.0 Å². The van der Waals surface area contributed by atoms with Gasteiger partial charge >= 0.3 is 0 Å². The van der Waals surface area contributed by atoms with Crippen LogP contribution < -0.4 is 5.32 Å². The largest absolute Gasteiger partial charge is 0.342 e. The molecule has 0 spiro atoms. The van der Waals surface area contributed by atoms with Crippen molar-refractivity contribution in [2.75, 3.05) is 5.32 Å². The summed E-state index contributed by atoms with van der Waals surface area (Å²) in [6, 6.07) is 21.5. The van der Waals surface area contributed by atoms with Crippen LogP contribution in [-0.2, 0) is 13.0 Å². The number of nitrogens with one attached hydrogen (secondary N) is 1. The molecule has 0 aliphatic rings. The Hall–Kier alpha value is -2.17. The Balaban J connectivity index is 1.78.